The molecule has 4 rings (SSSR count). The van der Waals surface area contributed by atoms with Crippen LogP contribution in [0.5, 0.6) is 0 Å². The molecular weight excluding hydrogens is 370 g/mol. The molecule has 146 valence electrons. The van der Waals surface area contributed by atoms with E-state index in [2.05, 4.69) is 29.1 Å². The molecule has 0 saturated heterocycles. The van der Waals surface area contributed by atoms with E-state index in [-0.39, 0.29) is 22.7 Å². The molecule has 2 aliphatic rings. The Kier molecular flexibility index (Phi) is 4.70. The standard InChI is InChI=1S/C22H25N3O2S/c1-5-28-21-24-19-18(20(27)25-21)16(13-8-6-12(2)7-9-13)17-14(23-19)10-22(3,4)11-15(17)26/h6-9,16H,5,10-11H2,1-4H3,(H2,23,24,25,27). The zero-order valence-electron chi connectivity index (χ0n) is 16.7. The number of allylic oxidation sites excluding steroid dienone is 2. The van der Waals surface area contributed by atoms with Crippen molar-refractivity contribution in [2.24, 2.45) is 5.41 Å². The highest BCUT2D eigenvalue weighted by Crippen LogP contribution is 2.47. The van der Waals surface area contributed by atoms with Crippen LogP contribution in [0, 0.1) is 12.3 Å². The van der Waals surface area contributed by atoms with Crippen LogP contribution in [0.2, 0.25) is 0 Å². The highest BCUT2D eigenvalue weighted by atomic mass is 32.2. The van der Waals surface area contributed by atoms with Crippen molar-refractivity contribution in [2.75, 3.05) is 11.1 Å². The third-order valence-electron chi connectivity index (χ3n) is 5.39. The number of carbonyl (C=O) groups excluding carboxylic acids is 1. The van der Waals surface area contributed by atoms with Crippen molar-refractivity contribution in [1.82, 2.24) is 9.97 Å². The zero-order chi connectivity index (χ0) is 20.1. The summed E-state index contributed by atoms with van der Waals surface area (Å²) in [5.41, 5.74) is 3.98. The highest BCUT2D eigenvalue weighted by molar-refractivity contribution is 7.99. The van der Waals surface area contributed by atoms with Gasteiger partial charge >= 0.3 is 0 Å². The van der Waals surface area contributed by atoms with E-state index in [0.717, 1.165) is 34.6 Å². The molecular formula is C22H25N3O2S. The van der Waals surface area contributed by atoms with Gasteiger partial charge in [-0.2, -0.15) is 0 Å². The number of benzene rings is 1. The minimum Gasteiger partial charge on any atom is -0.343 e. The van der Waals surface area contributed by atoms with Crippen LogP contribution in [0.4, 0.5) is 5.82 Å². The number of Topliss-reactive ketones (excluding diaryl/α,β-unsaturated/α-hetero) is 1. The van der Waals surface area contributed by atoms with E-state index >= 15 is 0 Å². The molecule has 0 fully saturated rings. The molecule has 5 nitrogen and oxygen atoms in total. The van der Waals surface area contributed by atoms with Gasteiger partial charge < -0.3 is 10.3 Å². The Labute approximate surface area is 169 Å². The van der Waals surface area contributed by atoms with Gasteiger partial charge in [0.1, 0.15) is 5.82 Å². The van der Waals surface area contributed by atoms with E-state index in [1.54, 1.807) is 0 Å². The first kappa shape index (κ1) is 19.0. The van der Waals surface area contributed by atoms with Crippen molar-refractivity contribution in [3.63, 3.8) is 0 Å². The average molecular weight is 396 g/mol. The Morgan fingerprint density at radius 3 is 2.57 bits per heavy atom. The maximum Gasteiger partial charge on any atom is 0.257 e. The van der Waals surface area contributed by atoms with E-state index in [9.17, 15) is 9.59 Å². The van der Waals surface area contributed by atoms with E-state index in [4.69, 9.17) is 0 Å². The van der Waals surface area contributed by atoms with Crippen molar-refractivity contribution >= 4 is 23.4 Å². The zero-order valence-corrected chi connectivity index (χ0v) is 17.5. The quantitative estimate of drug-likeness (QED) is 0.595. The molecule has 1 aliphatic carbocycles. The molecule has 0 bridgehead atoms. The molecule has 1 unspecified atom stereocenters. The Morgan fingerprint density at radius 1 is 1.18 bits per heavy atom. The van der Waals surface area contributed by atoms with E-state index < -0.39 is 0 Å². The van der Waals surface area contributed by atoms with Gasteiger partial charge in [-0.25, -0.2) is 4.98 Å². The van der Waals surface area contributed by atoms with Crippen molar-refractivity contribution < 1.29 is 4.79 Å². The predicted molar refractivity (Wildman–Crippen MR) is 113 cm³/mol. The van der Waals surface area contributed by atoms with Gasteiger partial charge in [-0.3, -0.25) is 9.59 Å². The summed E-state index contributed by atoms with van der Waals surface area (Å²) in [5.74, 6) is 1.13. The number of hydrogen-bond acceptors (Lipinski definition) is 5. The average Bonchev–Trinajstić information content (AvgIpc) is 2.60. The van der Waals surface area contributed by atoms with Crippen LogP contribution in [0.15, 0.2) is 45.5 Å². The van der Waals surface area contributed by atoms with Gasteiger partial charge in [-0.15, -0.1) is 0 Å². The molecule has 0 radical (unpaired) electrons. The summed E-state index contributed by atoms with van der Waals surface area (Å²) in [4.78, 5) is 33.8. The summed E-state index contributed by atoms with van der Waals surface area (Å²) in [6.45, 7) is 8.27. The number of aromatic amines is 1. The van der Waals surface area contributed by atoms with Crippen LogP contribution in [-0.2, 0) is 4.79 Å². The third-order valence-corrected chi connectivity index (χ3v) is 6.15. The van der Waals surface area contributed by atoms with Gasteiger partial charge in [0, 0.05) is 23.6 Å². The summed E-state index contributed by atoms with van der Waals surface area (Å²) in [5, 5.41) is 3.95. The number of ketones is 1. The van der Waals surface area contributed by atoms with Crippen molar-refractivity contribution in [3.05, 3.63) is 62.6 Å². The number of thioether (sulfide) groups is 1. The predicted octanol–water partition coefficient (Wildman–Crippen LogP) is 4.39. The fourth-order valence-corrected chi connectivity index (χ4v) is 4.78. The summed E-state index contributed by atoms with van der Waals surface area (Å²) in [6.07, 6.45) is 1.25. The number of carbonyl (C=O) groups is 1. The summed E-state index contributed by atoms with van der Waals surface area (Å²) >= 11 is 1.50. The van der Waals surface area contributed by atoms with Crippen molar-refractivity contribution in [1.29, 1.82) is 0 Å². The largest absolute Gasteiger partial charge is 0.343 e. The van der Waals surface area contributed by atoms with Gasteiger partial charge in [-0.1, -0.05) is 62.4 Å². The maximum atomic E-state index is 13.2. The molecule has 2 heterocycles. The van der Waals surface area contributed by atoms with Crippen LogP contribution >= 0.6 is 11.8 Å². The molecule has 1 aromatic carbocycles. The monoisotopic (exact) mass is 395 g/mol. The minimum absolute atomic E-state index is 0.111. The number of aromatic nitrogens is 2. The molecule has 1 atom stereocenters. The Balaban J connectivity index is 1.95. The maximum absolute atomic E-state index is 13.2. The van der Waals surface area contributed by atoms with Gasteiger partial charge in [0.05, 0.1) is 5.56 Å². The van der Waals surface area contributed by atoms with Crippen molar-refractivity contribution in [2.45, 2.75) is 51.6 Å². The Bertz CT molecular complexity index is 1030. The number of nitrogens with zero attached hydrogens (tertiary/aromatic N) is 1. The first-order valence-electron chi connectivity index (χ1n) is 9.66. The summed E-state index contributed by atoms with van der Waals surface area (Å²) < 4.78 is 0. The topological polar surface area (TPSA) is 74.8 Å². The lowest BCUT2D eigenvalue weighted by Crippen LogP contribution is -2.37. The molecule has 1 aliphatic heterocycles. The fraction of sp³-hybridized carbons (Fsp3) is 0.409. The van der Waals surface area contributed by atoms with Crippen LogP contribution < -0.4 is 10.9 Å². The Morgan fingerprint density at radius 2 is 1.89 bits per heavy atom. The first-order chi connectivity index (χ1) is 13.3. The summed E-state index contributed by atoms with van der Waals surface area (Å²) in [7, 11) is 0. The molecule has 2 N–H and O–H groups in total. The van der Waals surface area contributed by atoms with Crippen molar-refractivity contribution in [3.8, 4) is 0 Å². The lowest BCUT2D eigenvalue weighted by molar-refractivity contribution is -0.118. The van der Waals surface area contributed by atoms with E-state index in [1.165, 1.54) is 11.8 Å². The van der Waals surface area contributed by atoms with E-state index in [0.29, 0.717) is 23.0 Å². The number of hydrogen-bond donors (Lipinski definition) is 2. The van der Waals surface area contributed by atoms with Gasteiger partial charge in [-0.05, 0) is 30.1 Å². The lowest BCUT2D eigenvalue weighted by Gasteiger charge is -2.38. The smallest absolute Gasteiger partial charge is 0.257 e. The number of H-pyrrole nitrogens is 1. The van der Waals surface area contributed by atoms with Gasteiger partial charge in [0.25, 0.3) is 5.56 Å². The van der Waals surface area contributed by atoms with Crippen LogP contribution in [0.25, 0.3) is 0 Å². The molecule has 1 aromatic heterocycles. The Hall–Kier alpha value is -2.34. The van der Waals surface area contributed by atoms with Crippen LogP contribution in [0.1, 0.15) is 56.2 Å². The molecule has 0 saturated carbocycles. The number of aryl methyl sites for hydroxylation is 1. The van der Waals surface area contributed by atoms with Gasteiger partial charge in [0.15, 0.2) is 10.9 Å². The number of anilines is 1. The second kappa shape index (κ2) is 6.92. The highest BCUT2D eigenvalue weighted by Gasteiger charge is 2.42. The van der Waals surface area contributed by atoms with E-state index in [1.807, 2.05) is 38.1 Å². The first-order valence-corrected chi connectivity index (χ1v) is 10.6. The fourth-order valence-electron chi connectivity index (χ4n) is 4.19. The van der Waals surface area contributed by atoms with Crippen LogP contribution in [-0.4, -0.2) is 21.5 Å². The second-order valence-electron chi connectivity index (χ2n) is 8.37. The second-order valence-corrected chi connectivity index (χ2v) is 9.62. The number of rotatable bonds is 3. The molecule has 0 spiro atoms. The third kappa shape index (κ3) is 3.30. The molecule has 2 aromatic rings. The lowest BCUT2D eigenvalue weighted by atomic mass is 9.69. The van der Waals surface area contributed by atoms with Gasteiger partial charge in [0.2, 0.25) is 0 Å². The SMILES string of the molecule is CCSc1nc2c(c(=O)[nH]1)C(c1ccc(C)cc1)C1=C(CC(C)(C)CC1=O)N2. The molecule has 6 heteroatoms. The number of nitrogens with one attached hydrogen (secondary N) is 2. The molecule has 0 amide bonds. The van der Waals surface area contributed by atoms with Crippen LogP contribution in [0.3, 0.4) is 0 Å². The normalized spacial score (nSPS) is 20.4. The molecule has 28 heavy (non-hydrogen) atoms. The number of fused-ring (bicyclic) bond motifs is 1. The minimum atomic E-state index is -0.382. The summed E-state index contributed by atoms with van der Waals surface area (Å²) in [6, 6.07) is 8.08.